The minimum Gasteiger partial charge on any atom is -0.376 e. The highest BCUT2D eigenvalue weighted by Crippen LogP contribution is 2.27. The van der Waals surface area contributed by atoms with E-state index in [9.17, 15) is 0 Å². The zero-order valence-electron chi connectivity index (χ0n) is 7.71. The fourth-order valence-electron chi connectivity index (χ4n) is 1.68. The van der Waals surface area contributed by atoms with Gasteiger partial charge in [0, 0.05) is 6.04 Å². The van der Waals surface area contributed by atoms with Gasteiger partial charge in [0.2, 0.25) is 0 Å². The topological polar surface area (TPSA) is 35.2 Å². The minimum atomic E-state index is 0.258. The van der Waals surface area contributed by atoms with Crippen LogP contribution in [-0.4, -0.2) is 18.8 Å². The Hall–Kier alpha value is -0.0800. The van der Waals surface area contributed by atoms with Gasteiger partial charge in [-0.15, -0.1) is 0 Å². The van der Waals surface area contributed by atoms with Crippen LogP contribution in [0.5, 0.6) is 0 Å². The molecule has 2 N–H and O–H groups in total. The molecule has 0 aromatic heterocycles. The van der Waals surface area contributed by atoms with Crippen molar-refractivity contribution in [1.29, 1.82) is 0 Å². The second-order valence-electron chi connectivity index (χ2n) is 3.71. The molecule has 2 nitrogen and oxygen atoms in total. The van der Waals surface area contributed by atoms with Crippen LogP contribution < -0.4 is 5.73 Å². The van der Waals surface area contributed by atoms with Crippen LogP contribution >= 0.6 is 0 Å². The third-order valence-corrected chi connectivity index (χ3v) is 2.88. The fourth-order valence-corrected chi connectivity index (χ4v) is 1.68. The highest BCUT2D eigenvalue weighted by atomic mass is 16.5. The van der Waals surface area contributed by atoms with Crippen molar-refractivity contribution in [2.24, 2.45) is 17.6 Å². The van der Waals surface area contributed by atoms with Gasteiger partial charge in [0.15, 0.2) is 0 Å². The van der Waals surface area contributed by atoms with E-state index in [4.69, 9.17) is 10.5 Å². The average molecular weight is 157 g/mol. The summed E-state index contributed by atoms with van der Waals surface area (Å²) in [6.07, 6.45) is 1.58. The number of nitrogens with two attached hydrogens (primary N) is 1. The van der Waals surface area contributed by atoms with Crippen molar-refractivity contribution in [1.82, 2.24) is 0 Å². The van der Waals surface area contributed by atoms with E-state index < -0.39 is 0 Å². The van der Waals surface area contributed by atoms with Gasteiger partial charge in [0.1, 0.15) is 0 Å². The standard InChI is InChI=1S/C9H19NO/c1-4-6(2)9-7(3)8(10)5-11-9/h6-9H,4-5,10H2,1-3H3. The smallest absolute Gasteiger partial charge is 0.0642 e. The van der Waals surface area contributed by atoms with E-state index in [1.807, 2.05) is 0 Å². The normalized spacial score (nSPS) is 40.9. The largest absolute Gasteiger partial charge is 0.376 e. The summed E-state index contributed by atoms with van der Waals surface area (Å²) in [5.74, 6) is 1.18. The molecular formula is C9H19NO. The first-order valence-corrected chi connectivity index (χ1v) is 4.54. The van der Waals surface area contributed by atoms with E-state index >= 15 is 0 Å². The van der Waals surface area contributed by atoms with Crippen LogP contribution in [0.15, 0.2) is 0 Å². The lowest BCUT2D eigenvalue weighted by Gasteiger charge is -2.21. The molecule has 11 heavy (non-hydrogen) atoms. The number of hydrogen-bond acceptors (Lipinski definition) is 2. The van der Waals surface area contributed by atoms with Gasteiger partial charge in [-0.05, 0) is 11.8 Å². The Bertz CT molecular complexity index is 127. The van der Waals surface area contributed by atoms with Gasteiger partial charge in [-0.1, -0.05) is 27.2 Å². The van der Waals surface area contributed by atoms with Crippen molar-refractivity contribution in [3.8, 4) is 0 Å². The molecule has 66 valence electrons. The third-order valence-electron chi connectivity index (χ3n) is 2.88. The highest BCUT2D eigenvalue weighted by Gasteiger charge is 2.33. The van der Waals surface area contributed by atoms with E-state index in [1.165, 1.54) is 6.42 Å². The summed E-state index contributed by atoms with van der Waals surface area (Å²) in [6, 6.07) is 0.258. The first kappa shape index (κ1) is 9.01. The lowest BCUT2D eigenvalue weighted by Crippen LogP contribution is -2.31. The molecule has 1 heterocycles. The molecule has 0 aliphatic carbocycles. The number of rotatable bonds is 2. The van der Waals surface area contributed by atoms with E-state index in [0.29, 0.717) is 17.9 Å². The van der Waals surface area contributed by atoms with Gasteiger partial charge < -0.3 is 10.5 Å². The first-order valence-electron chi connectivity index (χ1n) is 4.54. The molecule has 0 radical (unpaired) electrons. The van der Waals surface area contributed by atoms with Gasteiger partial charge in [-0.25, -0.2) is 0 Å². The Morgan fingerprint density at radius 2 is 2.27 bits per heavy atom. The molecule has 0 bridgehead atoms. The van der Waals surface area contributed by atoms with E-state index in [1.54, 1.807) is 0 Å². The van der Waals surface area contributed by atoms with Crippen LogP contribution in [0.4, 0.5) is 0 Å². The second kappa shape index (κ2) is 3.55. The molecule has 0 aromatic carbocycles. The van der Waals surface area contributed by atoms with Crippen LogP contribution in [0.2, 0.25) is 0 Å². The summed E-state index contributed by atoms with van der Waals surface area (Å²) in [6.45, 7) is 7.37. The Morgan fingerprint density at radius 1 is 1.64 bits per heavy atom. The van der Waals surface area contributed by atoms with E-state index in [0.717, 1.165) is 6.61 Å². The Labute approximate surface area is 69.1 Å². The molecular weight excluding hydrogens is 138 g/mol. The summed E-state index contributed by atoms with van der Waals surface area (Å²) >= 11 is 0. The molecule has 1 rings (SSSR count). The van der Waals surface area contributed by atoms with Gasteiger partial charge in [0.25, 0.3) is 0 Å². The van der Waals surface area contributed by atoms with Gasteiger partial charge in [-0.3, -0.25) is 0 Å². The Morgan fingerprint density at radius 3 is 2.64 bits per heavy atom. The SMILES string of the molecule is CCC(C)C1OCC(N)C1C. The summed E-state index contributed by atoms with van der Waals surface area (Å²) < 4.78 is 5.61. The molecule has 0 amide bonds. The van der Waals surface area contributed by atoms with Gasteiger partial charge in [-0.2, -0.15) is 0 Å². The summed E-state index contributed by atoms with van der Waals surface area (Å²) in [4.78, 5) is 0. The molecule has 1 aliphatic heterocycles. The number of ether oxygens (including phenoxy) is 1. The van der Waals surface area contributed by atoms with Crippen LogP contribution in [0.1, 0.15) is 27.2 Å². The summed E-state index contributed by atoms with van der Waals surface area (Å²) in [5, 5.41) is 0. The summed E-state index contributed by atoms with van der Waals surface area (Å²) in [7, 11) is 0. The van der Waals surface area contributed by atoms with Crippen molar-refractivity contribution in [3.63, 3.8) is 0 Å². The van der Waals surface area contributed by atoms with E-state index in [-0.39, 0.29) is 6.04 Å². The maximum absolute atomic E-state index is 5.84. The highest BCUT2D eigenvalue weighted by molar-refractivity contribution is 4.85. The van der Waals surface area contributed by atoms with Crippen molar-refractivity contribution in [2.45, 2.75) is 39.3 Å². The molecule has 2 heteroatoms. The molecule has 1 saturated heterocycles. The Kier molecular flexibility index (Phi) is 2.90. The molecule has 0 spiro atoms. The summed E-state index contributed by atoms with van der Waals surface area (Å²) in [5.41, 5.74) is 5.84. The van der Waals surface area contributed by atoms with E-state index in [2.05, 4.69) is 20.8 Å². The zero-order chi connectivity index (χ0) is 8.43. The lowest BCUT2D eigenvalue weighted by atomic mass is 9.90. The third kappa shape index (κ3) is 1.74. The van der Waals surface area contributed by atoms with Crippen molar-refractivity contribution >= 4 is 0 Å². The van der Waals surface area contributed by atoms with Crippen molar-refractivity contribution in [3.05, 3.63) is 0 Å². The quantitative estimate of drug-likeness (QED) is 0.657. The molecule has 1 aliphatic rings. The zero-order valence-corrected chi connectivity index (χ0v) is 7.71. The average Bonchev–Trinajstić information content (AvgIpc) is 2.32. The molecule has 4 atom stereocenters. The van der Waals surface area contributed by atoms with Crippen LogP contribution in [0.3, 0.4) is 0 Å². The Balaban J connectivity index is 2.47. The second-order valence-corrected chi connectivity index (χ2v) is 3.71. The van der Waals surface area contributed by atoms with Gasteiger partial charge >= 0.3 is 0 Å². The van der Waals surface area contributed by atoms with Gasteiger partial charge in [0.05, 0.1) is 12.7 Å². The molecule has 1 fully saturated rings. The minimum absolute atomic E-state index is 0.258. The fraction of sp³-hybridized carbons (Fsp3) is 1.00. The first-order chi connectivity index (χ1) is 5.16. The predicted octanol–water partition coefficient (Wildman–Crippen LogP) is 1.39. The van der Waals surface area contributed by atoms with Crippen LogP contribution in [0, 0.1) is 11.8 Å². The lowest BCUT2D eigenvalue weighted by molar-refractivity contribution is 0.0500. The predicted molar refractivity (Wildman–Crippen MR) is 46.3 cm³/mol. The molecule has 4 unspecified atom stereocenters. The number of hydrogen-bond donors (Lipinski definition) is 1. The van der Waals surface area contributed by atoms with Crippen molar-refractivity contribution < 1.29 is 4.74 Å². The van der Waals surface area contributed by atoms with Crippen LogP contribution in [-0.2, 0) is 4.74 Å². The maximum atomic E-state index is 5.84. The van der Waals surface area contributed by atoms with Crippen molar-refractivity contribution in [2.75, 3.05) is 6.61 Å². The molecule has 0 aromatic rings. The maximum Gasteiger partial charge on any atom is 0.0642 e. The monoisotopic (exact) mass is 157 g/mol. The molecule has 0 saturated carbocycles. The van der Waals surface area contributed by atoms with Crippen LogP contribution in [0.25, 0.3) is 0 Å².